The molecule has 0 aromatic heterocycles. The van der Waals surface area contributed by atoms with Gasteiger partial charge in [-0.25, -0.2) is 0 Å². The van der Waals surface area contributed by atoms with E-state index in [0.29, 0.717) is 5.56 Å². The van der Waals surface area contributed by atoms with Crippen molar-refractivity contribution in [1.82, 2.24) is 0 Å². The van der Waals surface area contributed by atoms with Gasteiger partial charge in [0.15, 0.2) is 0 Å². The first-order chi connectivity index (χ1) is 6.06. The number of benzene rings is 1. The van der Waals surface area contributed by atoms with E-state index in [1.165, 1.54) is 12.1 Å². The second-order valence-corrected chi connectivity index (χ2v) is 2.92. The van der Waals surface area contributed by atoms with Gasteiger partial charge in [-0.1, -0.05) is 6.07 Å². The van der Waals surface area contributed by atoms with Crippen molar-refractivity contribution in [2.75, 3.05) is 0 Å². The molecule has 0 atom stereocenters. The van der Waals surface area contributed by atoms with Crippen LogP contribution in [0.25, 0.3) is 0 Å². The first kappa shape index (κ1) is 9.92. The van der Waals surface area contributed by atoms with Gasteiger partial charge in [0.2, 0.25) is 5.82 Å². The second-order valence-electron chi connectivity index (χ2n) is 2.65. The predicted molar refractivity (Wildman–Crippen MR) is 47.3 cm³/mol. The summed E-state index contributed by atoms with van der Waals surface area (Å²) in [5.74, 6) is -0.903. The maximum atomic E-state index is 13.2. The van der Waals surface area contributed by atoms with Crippen LogP contribution in [-0.2, 0) is 5.88 Å². The lowest BCUT2D eigenvalue weighted by Gasteiger charge is -2.01. The van der Waals surface area contributed by atoms with E-state index in [-0.39, 0.29) is 11.4 Å². The highest BCUT2D eigenvalue weighted by atomic mass is 35.5. The summed E-state index contributed by atoms with van der Waals surface area (Å²) < 4.78 is 13.2. The molecule has 0 aliphatic rings. The standard InChI is InChI=1S/C8H7ClFNO2/c1-5-2-6(4-9)8(10)7(3-5)11(12)13/h2-3H,4H2,1H3. The summed E-state index contributed by atoms with van der Waals surface area (Å²) in [6.45, 7) is 1.66. The van der Waals surface area contributed by atoms with E-state index in [1.807, 2.05) is 0 Å². The topological polar surface area (TPSA) is 43.1 Å². The molecule has 0 unspecified atom stereocenters. The minimum absolute atomic E-state index is 0.0612. The van der Waals surface area contributed by atoms with E-state index < -0.39 is 16.4 Å². The van der Waals surface area contributed by atoms with Crippen LogP contribution in [0, 0.1) is 22.9 Å². The number of hydrogen-bond acceptors (Lipinski definition) is 2. The molecule has 0 aliphatic carbocycles. The maximum Gasteiger partial charge on any atom is 0.305 e. The Balaban J connectivity index is 3.35. The van der Waals surface area contributed by atoms with Gasteiger partial charge in [-0.05, 0) is 12.5 Å². The zero-order valence-corrected chi connectivity index (χ0v) is 7.64. The van der Waals surface area contributed by atoms with Crippen molar-refractivity contribution in [2.24, 2.45) is 0 Å². The van der Waals surface area contributed by atoms with E-state index in [9.17, 15) is 14.5 Å². The normalized spacial score (nSPS) is 10.1. The van der Waals surface area contributed by atoms with Gasteiger partial charge in [0, 0.05) is 11.6 Å². The average molecular weight is 204 g/mol. The van der Waals surface area contributed by atoms with Crippen molar-refractivity contribution in [2.45, 2.75) is 12.8 Å². The van der Waals surface area contributed by atoms with Gasteiger partial charge in [0.25, 0.3) is 0 Å². The van der Waals surface area contributed by atoms with Crippen LogP contribution in [0.2, 0.25) is 0 Å². The van der Waals surface area contributed by atoms with E-state index in [4.69, 9.17) is 11.6 Å². The largest absolute Gasteiger partial charge is 0.305 e. The van der Waals surface area contributed by atoms with Gasteiger partial charge in [-0.3, -0.25) is 10.1 Å². The number of aryl methyl sites for hydroxylation is 1. The fourth-order valence-corrected chi connectivity index (χ4v) is 1.25. The molecule has 0 radical (unpaired) electrons. The van der Waals surface area contributed by atoms with Gasteiger partial charge in [-0.15, -0.1) is 11.6 Å². The Morgan fingerprint density at radius 3 is 2.69 bits per heavy atom. The first-order valence-electron chi connectivity index (χ1n) is 3.55. The molecule has 3 nitrogen and oxygen atoms in total. The number of halogens is 2. The second kappa shape index (κ2) is 3.70. The molecule has 70 valence electrons. The third kappa shape index (κ3) is 1.95. The van der Waals surface area contributed by atoms with Crippen molar-refractivity contribution >= 4 is 17.3 Å². The Hall–Kier alpha value is -1.16. The number of alkyl halides is 1. The molecular weight excluding hydrogens is 197 g/mol. The van der Waals surface area contributed by atoms with Crippen LogP contribution in [0.1, 0.15) is 11.1 Å². The van der Waals surface area contributed by atoms with E-state index in [1.54, 1.807) is 6.92 Å². The zero-order valence-electron chi connectivity index (χ0n) is 6.88. The summed E-state index contributed by atoms with van der Waals surface area (Å²) in [5, 5.41) is 10.4. The molecule has 0 amide bonds. The Labute approximate surface area is 79.3 Å². The van der Waals surface area contributed by atoms with Crippen LogP contribution in [0.4, 0.5) is 10.1 Å². The molecule has 5 heteroatoms. The quantitative estimate of drug-likeness (QED) is 0.421. The van der Waals surface area contributed by atoms with Crippen molar-refractivity contribution in [1.29, 1.82) is 0 Å². The molecule has 0 spiro atoms. The average Bonchev–Trinajstić information content (AvgIpc) is 2.08. The molecule has 1 aromatic carbocycles. The summed E-state index contributed by atoms with van der Waals surface area (Å²) in [7, 11) is 0. The Kier molecular flexibility index (Phi) is 2.83. The van der Waals surface area contributed by atoms with Crippen LogP contribution in [0.5, 0.6) is 0 Å². The van der Waals surface area contributed by atoms with Gasteiger partial charge in [0.1, 0.15) is 0 Å². The lowest BCUT2D eigenvalue weighted by atomic mass is 10.1. The van der Waals surface area contributed by atoms with Crippen molar-refractivity contribution < 1.29 is 9.31 Å². The molecule has 0 fully saturated rings. The Morgan fingerprint density at radius 2 is 2.23 bits per heavy atom. The smallest absolute Gasteiger partial charge is 0.258 e. The van der Waals surface area contributed by atoms with E-state index in [0.717, 1.165) is 0 Å². The summed E-state index contributed by atoms with van der Waals surface area (Å²) in [6, 6.07) is 2.68. The van der Waals surface area contributed by atoms with E-state index >= 15 is 0 Å². The van der Waals surface area contributed by atoms with Crippen LogP contribution in [0.3, 0.4) is 0 Å². The zero-order chi connectivity index (χ0) is 10.0. The van der Waals surface area contributed by atoms with Crippen LogP contribution in [0.15, 0.2) is 12.1 Å². The third-order valence-corrected chi connectivity index (χ3v) is 1.90. The molecule has 0 saturated heterocycles. The minimum Gasteiger partial charge on any atom is -0.258 e. The predicted octanol–water partition coefficient (Wildman–Crippen LogP) is 2.78. The van der Waals surface area contributed by atoms with Gasteiger partial charge in [-0.2, -0.15) is 4.39 Å². The molecule has 0 bridgehead atoms. The number of nitro groups is 1. The molecular formula is C8H7ClFNO2. The Morgan fingerprint density at radius 1 is 1.62 bits per heavy atom. The monoisotopic (exact) mass is 203 g/mol. The summed E-state index contributed by atoms with van der Waals surface area (Å²) >= 11 is 5.42. The molecule has 0 heterocycles. The van der Waals surface area contributed by atoms with Crippen molar-refractivity contribution in [3.8, 4) is 0 Å². The fourth-order valence-electron chi connectivity index (χ4n) is 1.05. The van der Waals surface area contributed by atoms with Crippen LogP contribution < -0.4 is 0 Å². The van der Waals surface area contributed by atoms with Crippen LogP contribution >= 0.6 is 11.6 Å². The van der Waals surface area contributed by atoms with Gasteiger partial charge >= 0.3 is 5.69 Å². The minimum atomic E-state index is -0.842. The SMILES string of the molecule is Cc1cc(CCl)c(F)c([N+](=O)[O-])c1. The lowest BCUT2D eigenvalue weighted by Crippen LogP contribution is -1.97. The lowest BCUT2D eigenvalue weighted by molar-refractivity contribution is -0.387. The highest BCUT2D eigenvalue weighted by Crippen LogP contribution is 2.23. The number of nitrogens with zero attached hydrogens (tertiary/aromatic N) is 1. The molecule has 1 aromatic rings. The summed E-state index contributed by atoms with van der Waals surface area (Å²) in [5.41, 5.74) is 0.271. The number of hydrogen-bond donors (Lipinski definition) is 0. The highest BCUT2D eigenvalue weighted by Gasteiger charge is 2.17. The third-order valence-electron chi connectivity index (χ3n) is 1.61. The molecule has 13 heavy (non-hydrogen) atoms. The first-order valence-corrected chi connectivity index (χ1v) is 4.09. The highest BCUT2D eigenvalue weighted by molar-refractivity contribution is 6.17. The molecule has 1 rings (SSSR count). The molecule has 0 N–H and O–H groups in total. The molecule has 0 saturated carbocycles. The van der Waals surface area contributed by atoms with Gasteiger partial charge < -0.3 is 0 Å². The number of nitro benzene ring substituents is 1. The van der Waals surface area contributed by atoms with Gasteiger partial charge in [0.05, 0.1) is 10.8 Å². The van der Waals surface area contributed by atoms with Crippen molar-refractivity contribution in [3.05, 3.63) is 39.2 Å². The van der Waals surface area contributed by atoms with E-state index in [2.05, 4.69) is 0 Å². The fraction of sp³-hybridized carbons (Fsp3) is 0.250. The molecule has 0 aliphatic heterocycles. The number of rotatable bonds is 2. The van der Waals surface area contributed by atoms with Crippen molar-refractivity contribution in [3.63, 3.8) is 0 Å². The maximum absolute atomic E-state index is 13.2. The Bertz CT molecular complexity index is 354. The van der Waals surface area contributed by atoms with Crippen LogP contribution in [-0.4, -0.2) is 4.92 Å². The summed E-state index contributed by atoms with van der Waals surface area (Å²) in [6.07, 6.45) is 0. The summed E-state index contributed by atoms with van der Waals surface area (Å²) in [4.78, 5) is 9.61.